The Morgan fingerprint density at radius 3 is 2.28 bits per heavy atom. The van der Waals surface area contributed by atoms with E-state index in [1.807, 2.05) is 19.1 Å². The van der Waals surface area contributed by atoms with Crippen LogP contribution >= 0.6 is 11.6 Å². The number of fused-ring (bicyclic) bond motifs is 1. The summed E-state index contributed by atoms with van der Waals surface area (Å²) in [5.74, 6) is 0.158. The molecule has 4 rings (SSSR count). The zero-order valence-electron chi connectivity index (χ0n) is 19.5. The Labute approximate surface area is 211 Å². The largest absolute Gasteiger partial charge is 0.497 e. The van der Waals surface area contributed by atoms with Crippen molar-refractivity contribution in [3.05, 3.63) is 104 Å². The highest BCUT2D eigenvalue weighted by molar-refractivity contribution is 6.30. The predicted octanol–water partition coefficient (Wildman–Crippen LogP) is 4.84. The molecule has 1 aromatic heterocycles. The number of carbonyl (C=O) groups is 2. The molecule has 0 unspecified atom stereocenters. The summed E-state index contributed by atoms with van der Waals surface area (Å²) in [5.41, 5.74) is 3.23. The summed E-state index contributed by atoms with van der Waals surface area (Å²) in [6, 6.07) is 17.8. The van der Waals surface area contributed by atoms with Crippen LogP contribution in [0.1, 0.15) is 32.0 Å². The standard InChI is InChI=1S/C26H22ClN3O6/c1-16-22(13-14-28-25(31)17-5-9-20(10-6-17)36-30(33)34)23-15-21(35-2)11-12-24(23)29(16)26(32)18-3-7-19(27)8-4-18/h3-12,15H,13-14H2,1-2H3,(H,28,31). The number of aromatic nitrogens is 1. The quantitative estimate of drug-likeness (QED) is 0.269. The summed E-state index contributed by atoms with van der Waals surface area (Å²) >= 11 is 5.98. The number of methoxy groups -OCH3 is 1. The Morgan fingerprint density at radius 2 is 1.64 bits per heavy atom. The van der Waals surface area contributed by atoms with E-state index in [0.29, 0.717) is 34.9 Å². The van der Waals surface area contributed by atoms with Gasteiger partial charge in [-0.3, -0.25) is 19.0 Å². The summed E-state index contributed by atoms with van der Waals surface area (Å²) in [6.07, 6.45) is 0.463. The second-order valence-electron chi connectivity index (χ2n) is 7.94. The molecule has 0 fully saturated rings. The van der Waals surface area contributed by atoms with Gasteiger partial charge in [-0.15, -0.1) is 10.1 Å². The number of hydrogen-bond acceptors (Lipinski definition) is 6. The van der Waals surface area contributed by atoms with Crippen molar-refractivity contribution in [2.75, 3.05) is 13.7 Å². The Balaban J connectivity index is 1.57. The zero-order valence-corrected chi connectivity index (χ0v) is 20.2. The number of hydrogen-bond donors (Lipinski definition) is 1. The molecule has 184 valence electrons. The number of carbonyl (C=O) groups excluding carboxylic acids is 2. The molecule has 10 heteroatoms. The SMILES string of the molecule is COc1ccc2c(c1)c(CCNC(=O)c1ccc(O[N+](=O)[O-])cc1)c(C)n2C(=O)c1ccc(Cl)cc1. The Hall–Kier alpha value is -4.37. The maximum absolute atomic E-state index is 13.4. The average molecular weight is 508 g/mol. The molecule has 0 saturated heterocycles. The summed E-state index contributed by atoms with van der Waals surface area (Å²) in [4.78, 5) is 40.8. The fraction of sp³-hybridized carbons (Fsp3) is 0.154. The number of halogens is 1. The van der Waals surface area contributed by atoms with E-state index in [4.69, 9.17) is 16.3 Å². The van der Waals surface area contributed by atoms with Gasteiger partial charge in [-0.2, -0.15) is 0 Å². The number of ether oxygens (including phenoxy) is 1. The molecule has 1 N–H and O–H groups in total. The van der Waals surface area contributed by atoms with Crippen molar-refractivity contribution in [3.63, 3.8) is 0 Å². The number of rotatable bonds is 8. The molecule has 0 aliphatic heterocycles. The van der Waals surface area contributed by atoms with Crippen molar-refractivity contribution in [1.29, 1.82) is 0 Å². The van der Waals surface area contributed by atoms with Crippen molar-refractivity contribution >= 4 is 34.3 Å². The number of benzene rings is 3. The molecular formula is C26H22ClN3O6. The van der Waals surface area contributed by atoms with E-state index in [9.17, 15) is 19.7 Å². The lowest BCUT2D eigenvalue weighted by molar-refractivity contribution is -0.711. The second-order valence-corrected chi connectivity index (χ2v) is 8.38. The molecular weight excluding hydrogens is 486 g/mol. The minimum Gasteiger partial charge on any atom is -0.497 e. The molecule has 0 aliphatic carbocycles. The van der Waals surface area contributed by atoms with Gasteiger partial charge >= 0.3 is 0 Å². The summed E-state index contributed by atoms with van der Waals surface area (Å²) in [6.45, 7) is 2.17. The van der Waals surface area contributed by atoms with Crippen LogP contribution in [0.15, 0.2) is 66.7 Å². The monoisotopic (exact) mass is 507 g/mol. The fourth-order valence-electron chi connectivity index (χ4n) is 4.04. The van der Waals surface area contributed by atoms with Crippen LogP contribution in [0, 0.1) is 17.0 Å². The predicted molar refractivity (Wildman–Crippen MR) is 135 cm³/mol. The molecule has 36 heavy (non-hydrogen) atoms. The molecule has 0 saturated carbocycles. The minimum atomic E-state index is -0.916. The first-order valence-corrected chi connectivity index (χ1v) is 11.3. The first kappa shape index (κ1) is 24.7. The van der Waals surface area contributed by atoms with Crippen molar-refractivity contribution in [1.82, 2.24) is 9.88 Å². The van der Waals surface area contributed by atoms with Gasteiger partial charge in [0.2, 0.25) is 0 Å². The van der Waals surface area contributed by atoms with Gasteiger partial charge in [-0.05, 0) is 85.6 Å². The first-order valence-electron chi connectivity index (χ1n) is 11.0. The Kier molecular flexibility index (Phi) is 7.21. The normalized spacial score (nSPS) is 10.8. The van der Waals surface area contributed by atoms with Gasteiger partial charge in [0, 0.05) is 33.8 Å². The van der Waals surface area contributed by atoms with Crippen molar-refractivity contribution in [2.24, 2.45) is 0 Å². The van der Waals surface area contributed by atoms with Crippen LogP contribution in [-0.4, -0.2) is 35.1 Å². The maximum atomic E-state index is 13.4. The van der Waals surface area contributed by atoms with E-state index in [0.717, 1.165) is 22.2 Å². The summed E-state index contributed by atoms with van der Waals surface area (Å²) in [5, 5.41) is 13.8. The highest BCUT2D eigenvalue weighted by Gasteiger charge is 2.20. The van der Waals surface area contributed by atoms with Crippen LogP contribution in [-0.2, 0) is 6.42 Å². The summed E-state index contributed by atoms with van der Waals surface area (Å²) in [7, 11) is 1.58. The average Bonchev–Trinajstić information content (AvgIpc) is 3.14. The molecule has 3 aromatic carbocycles. The van der Waals surface area contributed by atoms with Gasteiger partial charge in [0.25, 0.3) is 16.9 Å². The van der Waals surface area contributed by atoms with E-state index in [1.165, 1.54) is 24.3 Å². The topological polar surface area (TPSA) is 113 Å². The molecule has 0 atom stereocenters. The van der Waals surface area contributed by atoms with Crippen molar-refractivity contribution in [3.8, 4) is 11.5 Å². The van der Waals surface area contributed by atoms with E-state index >= 15 is 0 Å². The number of amides is 1. The molecule has 1 heterocycles. The van der Waals surface area contributed by atoms with Gasteiger partial charge in [-0.25, -0.2) is 0 Å². The number of nitrogens with zero attached hydrogens (tertiary/aromatic N) is 2. The lowest BCUT2D eigenvalue weighted by Crippen LogP contribution is -2.25. The lowest BCUT2D eigenvalue weighted by atomic mass is 10.1. The third kappa shape index (κ3) is 5.16. The highest BCUT2D eigenvalue weighted by Crippen LogP contribution is 2.30. The first-order chi connectivity index (χ1) is 17.3. The Morgan fingerprint density at radius 1 is 1.00 bits per heavy atom. The van der Waals surface area contributed by atoms with E-state index in [2.05, 4.69) is 10.2 Å². The van der Waals surface area contributed by atoms with Crippen LogP contribution in [0.5, 0.6) is 11.5 Å². The van der Waals surface area contributed by atoms with Gasteiger partial charge in [-0.1, -0.05) is 11.6 Å². The van der Waals surface area contributed by atoms with E-state index < -0.39 is 5.09 Å². The molecule has 0 spiro atoms. The van der Waals surface area contributed by atoms with E-state index in [1.54, 1.807) is 42.0 Å². The van der Waals surface area contributed by atoms with Gasteiger partial charge < -0.3 is 10.1 Å². The second kappa shape index (κ2) is 10.5. The molecule has 0 radical (unpaired) electrons. The fourth-order valence-corrected chi connectivity index (χ4v) is 4.17. The third-order valence-corrected chi connectivity index (χ3v) is 6.05. The van der Waals surface area contributed by atoms with Crippen LogP contribution in [0.2, 0.25) is 5.02 Å². The molecule has 1 amide bonds. The maximum Gasteiger partial charge on any atom is 0.299 e. The minimum absolute atomic E-state index is 0.0271. The van der Waals surface area contributed by atoms with Crippen LogP contribution in [0.3, 0.4) is 0 Å². The smallest absolute Gasteiger partial charge is 0.299 e. The van der Waals surface area contributed by atoms with Crippen molar-refractivity contribution in [2.45, 2.75) is 13.3 Å². The van der Waals surface area contributed by atoms with Crippen LogP contribution in [0.25, 0.3) is 10.9 Å². The van der Waals surface area contributed by atoms with Crippen molar-refractivity contribution < 1.29 is 24.3 Å². The van der Waals surface area contributed by atoms with Gasteiger partial charge in [0.05, 0.1) is 12.6 Å². The molecule has 0 bridgehead atoms. The highest BCUT2D eigenvalue weighted by atomic mass is 35.5. The van der Waals surface area contributed by atoms with Crippen LogP contribution in [0.4, 0.5) is 0 Å². The number of nitrogens with one attached hydrogen (secondary N) is 1. The lowest BCUT2D eigenvalue weighted by Gasteiger charge is -2.09. The van der Waals surface area contributed by atoms with Gasteiger partial charge in [0.15, 0.2) is 0 Å². The van der Waals surface area contributed by atoms with E-state index in [-0.39, 0.29) is 17.6 Å². The molecule has 4 aromatic rings. The van der Waals surface area contributed by atoms with Crippen LogP contribution < -0.4 is 14.9 Å². The summed E-state index contributed by atoms with van der Waals surface area (Å²) < 4.78 is 7.04. The molecule has 0 aliphatic rings. The zero-order chi connectivity index (χ0) is 25.8. The molecule has 9 nitrogen and oxygen atoms in total. The van der Waals surface area contributed by atoms with Gasteiger partial charge in [0.1, 0.15) is 11.5 Å². The Bertz CT molecular complexity index is 1450. The third-order valence-electron chi connectivity index (χ3n) is 5.79.